The molecular weight excluding hydrogens is 302 g/mol. The van der Waals surface area contributed by atoms with E-state index in [0.717, 1.165) is 18.7 Å². The number of hydrogen-bond acceptors (Lipinski definition) is 3. The second kappa shape index (κ2) is 8.36. The summed E-state index contributed by atoms with van der Waals surface area (Å²) in [6.45, 7) is 4.81. The molecule has 6 heteroatoms. The van der Waals surface area contributed by atoms with Crippen molar-refractivity contribution < 1.29 is 9.90 Å². The van der Waals surface area contributed by atoms with Gasteiger partial charge in [0.15, 0.2) is 0 Å². The van der Waals surface area contributed by atoms with E-state index in [-0.39, 0.29) is 12.6 Å². The number of nitrogens with one attached hydrogen (secondary N) is 2. The van der Waals surface area contributed by atoms with E-state index in [1.807, 2.05) is 13.0 Å². The molecule has 1 aromatic carbocycles. The van der Waals surface area contributed by atoms with Crippen LogP contribution in [-0.4, -0.2) is 48.3 Å². The summed E-state index contributed by atoms with van der Waals surface area (Å²) in [5.74, 6) is 0. The molecule has 0 bridgehead atoms. The van der Waals surface area contributed by atoms with E-state index in [1.54, 1.807) is 12.1 Å². The van der Waals surface area contributed by atoms with E-state index >= 15 is 0 Å². The number of hydrogen-bond donors (Lipinski definition) is 3. The lowest BCUT2D eigenvalue weighted by atomic mass is 10.1. The molecule has 1 aliphatic rings. The van der Waals surface area contributed by atoms with Gasteiger partial charge in [0.25, 0.3) is 0 Å². The molecule has 0 saturated carbocycles. The highest BCUT2D eigenvalue weighted by Crippen LogP contribution is 2.19. The number of carbonyl (C=O) groups is 1. The van der Waals surface area contributed by atoms with Gasteiger partial charge in [-0.15, -0.1) is 0 Å². The van der Waals surface area contributed by atoms with Crippen molar-refractivity contribution in [3.8, 4) is 0 Å². The van der Waals surface area contributed by atoms with Gasteiger partial charge in [-0.25, -0.2) is 4.79 Å². The molecule has 2 amide bonds. The van der Waals surface area contributed by atoms with Crippen LogP contribution in [0.15, 0.2) is 18.2 Å². The van der Waals surface area contributed by atoms with Gasteiger partial charge < -0.3 is 20.6 Å². The standard InChI is InChI=1S/C16H24ClN3O2/c1-12-5-6-13(17)9-15(12)19-16(22)18-10-14(21)11-20-7-3-2-4-8-20/h5-6,9,14,21H,2-4,7-8,10-11H2,1H3,(H2,18,19,22)/t14-/m1/s1. The number of nitrogens with zero attached hydrogens (tertiary/aromatic N) is 1. The van der Waals surface area contributed by atoms with E-state index in [1.165, 1.54) is 19.3 Å². The molecule has 1 fully saturated rings. The van der Waals surface area contributed by atoms with Crippen LogP contribution < -0.4 is 10.6 Å². The first-order valence-electron chi connectivity index (χ1n) is 7.76. The third-order valence-electron chi connectivity index (χ3n) is 3.86. The van der Waals surface area contributed by atoms with Gasteiger partial charge in [-0.1, -0.05) is 24.1 Å². The van der Waals surface area contributed by atoms with Crippen LogP contribution in [0.4, 0.5) is 10.5 Å². The normalized spacial score (nSPS) is 17.0. The van der Waals surface area contributed by atoms with Crippen molar-refractivity contribution in [2.24, 2.45) is 0 Å². The maximum atomic E-state index is 11.9. The second-order valence-corrected chi connectivity index (χ2v) is 6.25. The van der Waals surface area contributed by atoms with Crippen molar-refractivity contribution in [1.82, 2.24) is 10.2 Å². The molecule has 1 saturated heterocycles. The van der Waals surface area contributed by atoms with Crippen molar-refractivity contribution in [2.45, 2.75) is 32.3 Å². The minimum absolute atomic E-state index is 0.238. The predicted molar refractivity (Wildman–Crippen MR) is 89.5 cm³/mol. The third-order valence-corrected chi connectivity index (χ3v) is 4.10. The van der Waals surface area contributed by atoms with Crippen molar-refractivity contribution in [3.05, 3.63) is 28.8 Å². The van der Waals surface area contributed by atoms with Gasteiger partial charge in [-0.05, 0) is 50.6 Å². The number of benzene rings is 1. The molecule has 1 aromatic rings. The summed E-state index contributed by atoms with van der Waals surface area (Å²) in [7, 11) is 0. The van der Waals surface area contributed by atoms with Gasteiger partial charge in [0.2, 0.25) is 0 Å². The Morgan fingerprint density at radius 3 is 2.82 bits per heavy atom. The van der Waals surface area contributed by atoms with Gasteiger partial charge in [-0.2, -0.15) is 0 Å². The van der Waals surface area contributed by atoms with Crippen molar-refractivity contribution in [3.63, 3.8) is 0 Å². The highest BCUT2D eigenvalue weighted by molar-refractivity contribution is 6.31. The van der Waals surface area contributed by atoms with Crippen LogP contribution in [0.5, 0.6) is 0 Å². The molecule has 1 aliphatic heterocycles. The van der Waals surface area contributed by atoms with Crippen LogP contribution in [0.1, 0.15) is 24.8 Å². The number of halogens is 1. The maximum Gasteiger partial charge on any atom is 0.319 e. The number of aliphatic hydroxyl groups excluding tert-OH is 1. The largest absolute Gasteiger partial charge is 0.390 e. The van der Waals surface area contributed by atoms with Gasteiger partial charge in [0, 0.05) is 23.8 Å². The van der Waals surface area contributed by atoms with E-state index in [9.17, 15) is 9.90 Å². The molecule has 1 heterocycles. The van der Waals surface area contributed by atoms with Crippen molar-refractivity contribution in [2.75, 3.05) is 31.5 Å². The average Bonchev–Trinajstić information content (AvgIpc) is 2.50. The summed E-state index contributed by atoms with van der Waals surface area (Å²) in [6, 6.07) is 5.01. The van der Waals surface area contributed by atoms with Crippen molar-refractivity contribution >= 4 is 23.3 Å². The summed E-state index contributed by atoms with van der Waals surface area (Å²) < 4.78 is 0. The first kappa shape index (κ1) is 17.1. The number of rotatable bonds is 5. The summed E-state index contributed by atoms with van der Waals surface area (Å²) in [5, 5.41) is 16.0. The number of carbonyl (C=O) groups excluding carboxylic acids is 1. The molecule has 2 rings (SSSR count). The molecule has 0 unspecified atom stereocenters. The lowest BCUT2D eigenvalue weighted by Crippen LogP contribution is -2.43. The number of β-amino-alcohol motifs (C(OH)–C–C–N with tert-alkyl or cyclic N) is 1. The molecule has 0 aromatic heterocycles. The Labute approximate surface area is 136 Å². The number of amides is 2. The lowest BCUT2D eigenvalue weighted by Gasteiger charge is -2.28. The van der Waals surface area contributed by atoms with Crippen LogP contribution in [0.2, 0.25) is 5.02 Å². The van der Waals surface area contributed by atoms with E-state index < -0.39 is 6.10 Å². The van der Waals surface area contributed by atoms with Gasteiger partial charge in [0.1, 0.15) is 0 Å². The highest BCUT2D eigenvalue weighted by Gasteiger charge is 2.15. The van der Waals surface area contributed by atoms with Gasteiger partial charge >= 0.3 is 6.03 Å². The number of urea groups is 1. The average molecular weight is 326 g/mol. The second-order valence-electron chi connectivity index (χ2n) is 5.81. The monoisotopic (exact) mass is 325 g/mol. The summed E-state index contributed by atoms with van der Waals surface area (Å²) in [5.41, 5.74) is 1.61. The highest BCUT2D eigenvalue weighted by atomic mass is 35.5. The molecule has 122 valence electrons. The zero-order chi connectivity index (χ0) is 15.9. The molecule has 1 atom stereocenters. The fraction of sp³-hybridized carbons (Fsp3) is 0.562. The van der Waals surface area contributed by atoms with Gasteiger partial charge in [-0.3, -0.25) is 0 Å². The molecular formula is C16H24ClN3O2. The SMILES string of the molecule is Cc1ccc(Cl)cc1NC(=O)NC[C@@H](O)CN1CCCCC1. The topological polar surface area (TPSA) is 64.6 Å². The quantitative estimate of drug-likeness (QED) is 0.779. The smallest absolute Gasteiger partial charge is 0.319 e. The molecule has 3 N–H and O–H groups in total. The van der Waals surface area contributed by atoms with Crippen LogP contribution in [0.3, 0.4) is 0 Å². The molecule has 22 heavy (non-hydrogen) atoms. The molecule has 0 radical (unpaired) electrons. The predicted octanol–water partition coefficient (Wildman–Crippen LogP) is 2.62. The zero-order valence-electron chi connectivity index (χ0n) is 12.9. The molecule has 0 aliphatic carbocycles. The third kappa shape index (κ3) is 5.48. The van der Waals surface area contributed by atoms with Crippen LogP contribution in [0, 0.1) is 6.92 Å². The maximum absolute atomic E-state index is 11.9. The van der Waals surface area contributed by atoms with Gasteiger partial charge in [0.05, 0.1) is 6.10 Å². The van der Waals surface area contributed by atoms with E-state index in [0.29, 0.717) is 17.3 Å². The Bertz CT molecular complexity index is 504. The number of likely N-dealkylation sites (tertiary alicyclic amines) is 1. The van der Waals surface area contributed by atoms with E-state index in [4.69, 9.17) is 11.6 Å². The Morgan fingerprint density at radius 2 is 2.09 bits per heavy atom. The molecule has 5 nitrogen and oxygen atoms in total. The Morgan fingerprint density at radius 1 is 1.36 bits per heavy atom. The minimum atomic E-state index is -0.552. The number of anilines is 1. The Kier molecular flexibility index (Phi) is 6.49. The van der Waals surface area contributed by atoms with Crippen LogP contribution in [-0.2, 0) is 0 Å². The summed E-state index contributed by atoms with van der Waals surface area (Å²) >= 11 is 5.92. The minimum Gasteiger partial charge on any atom is -0.390 e. The summed E-state index contributed by atoms with van der Waals surface area (Å²) in [4.78, 5) is 14.1. The fourth-order valence-electron chi connectivity index (χ4n) is 2.61. The van der Waals surface area contributed by atoms with Crippen molar-refractivity contribution in [1.29, 1.82) is 0 Å². The van der Waals surface area contributed by atoms with E-state index in [2.05, 4.69) is 15.5 Å². The number of piperidine rings is 1. The zero-order valence-corrected chi connectivity index (χ0v) is 13.7. The first-order chi connectivity index (χ1) is 10.5. The Balaban J connectivity index is 1.73. The molecule has 0 spiro atoms. The van der Waals surface area contributed by atoms with Crippen LogP contribution >= 0.6 is 11.6 Å². The lowest BCUT2D eigenvalue weighted by molar-refractivity contribution is 0.102. The fourth-order valence-corrected chi connectivity index (χ4v) is 2.78. The first-order valence-corrected chi connectivity index (χ1v) is 8.14. The summed E-state index contributed by atoms with van der Waals surface area (Å²) in [6.07, 6.45) is 3.10. The van der Waals surface area contributed by atoms with Crippen LogP contribution in [0.25, 0.3) is 0 Å². The number of aliphatic hydroxyl groups is 1. The number of aryl methyl sites for hydroxylation is 1. The Hall–Kier alpha value is -1.30.